The minimum absolute atomic E-state index is 0.0535. The summed E-state index contributed by atoms with van der Waals surface area (Å²) < 4.78 is 13.7. The number of halogens is 1. The standard InChI is InChI=1S/C18H17FN6OS/c1-12-7-8-15(14(19)9-12)21-16(26)11-27-18-22-17(24-25-18)23-20-10-13-5-3-2-4-6-13/h2-10H,11H2,1H3,(H,21,26)(H2,22,23,24,25)/b20-10-. The van der Waals surface area contributed by atoms with Gasteiger partial charge in [0.05, 0.1) is 17.7 Å². The van der Waals surface area contributed by atoms with Crippen LogP contribution in [-0.4, -0.2) is 33.1 Å². The fraction of sp³-hybridized carbons (Fsp3) is 0.111. The second kappa shape index (κ2) is 8.95. The highest BCUT2D eigenvalue weighted by molar-refractivity contribution is 7.99. The minimum atomic E-state index is -0.464. The molecule has 0 fully saturated rings. The van der Waals surface area contributed by atoms with Crippen LogP contribution in [0.1, 0.15) is 11.1 Å². The summed E-state index contributed by atoms with van der Waals surface area (Å²) in [6.45, 7) is 1.78. The summed E-state index contributed by atoms with van der Waals surface area (Å²) in [5, 5.41) is 13.6. The van der Waals surface area contributed by atoms with E-state index in [0.717, 1.165) is 22.9 Å². The molecule has 0 radical (unpaired) electrons. The number of aromatic nitrogens is 3. The number of carbonyl (C=O) groups is 1. The molecule has 0 saturated heterocycles. The number of rotatable bonds is 7. The van der Waals surface area contributed by atoms with Gasteiger partial charge in [0.1, 0.15) is 5.82 Å². The van der Waals surface area contributed by atoms with E-state index in [0.29, 0.717) is 11.1 Å². The molecule has 1 amide bonds. The molecule has 7 nitrogen and oxygen atoms in total. The van der Waals surface area contributed by atoms with E-state index in [2.05, 4.69) is 31.0 Å². The Hall–Kier alpha value is -3.20. The second-order valence-corrected chi connectivity index (χ2v) is 6.51. The zero-order valence-electron chi connectivity index (χ0n) is 14.4. The molecule has 0 bridgehead atoms. The van der Waals surface area contributed by atoms with E-state index in [-0.39, 0.29) is 17.3 Å². The van der Waals surface area contributed by atoms with Gasteiger partial charge in [-0.15, -0.1) is 5.10 Å². The number of amides is 1. The van der Waals surface area contributed by atoms with E-state index in [1.807, 2.05) is 30.3 Å². The van der Waals surface area contributed by atoms with Crippen LogP contribution in [0, 0.1) is 12.7 Å². The Balaban J connectivity index is 1.47. The molecule has 1 aromatic heterocycles. The Kier molecular flexibility index (Phi) is 6.16. The van der Waals surface area contributed by atoms with Crippen LogP contribution in [0.5, 0.6) is 0 Å². The zero-order valence-corrected chi connectivity index (χ0v) is 15.3. The third-order valence-electron chi connectivity index (χ3n) is 3.38. The first-order valence-corrected chi connectivity index (χ1v) is 9.04. The number of H-pyrrole nitrogens is 1. The number of anilines is 2. The van der Waals surface area contributed by atoms with Gasteiger partial charge in [0.15, 0.2) is 0 Å². The summed E-state index contributed by atoms with van der Waals surface area (Å²) in [5.41, 5.74) is 4.61. The number of hydrogen-bond donors (Lipinski definition) is 3. The van der Waals surface area contributed by atoms with Crippen molar-refractivity contribution in [1.29, 1.82) is 0 Å². The van der Waals surface area contributed by atoms with Gasteiger partial charge in [0, 0.05) is 0 Å². The van der Waals surface area contributed by atoms with Crippen LogP contribution in [0.25, 0.3) is 0 Å². The van der Waals surface area contributed by atoms with Gasteiger partial charge >= 0.3 is 0 Å². The predicted octanol–water partition coefficient (Wildman–Crippen LogP) is 3.43. The molecule has 0 aliphatic carbocycles. The average molecular weight is 384 g/mol. The summed E-state index contributed by atoms with van der Waals surface area (Å²) in [5.74, 6) is -0.398. The molecule has 3 aromatic rings. The van der Waals surface area contributed by atoms with Gasteiger partial charge in [0.25, 0.3) is 0 Å². The lowest BCUT2D eigenvalue weighted by atomic mass is 10.2. The van der Waals surface area contributed by atoms with E-state index in [9.17, 15) is 9.18 Å². The number of hydrazone groups is 1. The number of aryl methyl sites for hydroxylation is 1. The summed E-state index contributed by atoms with van der Waals surface area (Å²) in [6, 6.07) is 14.2. The number of benzene rings is 2. The first-order valence-electron chi connectivity index (χ1n) is 8.05. The average Bonchev–Trinajstić information content (AvgIpc) is 3.11. The molecular weight excluding hydrogens is 367 g/mol. The van der Waals surface area contributed by atoms with Crippen LogP contribution in [0.4, 0.5) is 16.0 Å². The quantitative estimate of drug-likeness (QED) is 0.330. The van der Waals surface area contributed by atoms with E-state index in [1.165, 1.54) is 12.1 Å². The maximum Gasteiger partial charge on any atom is 0.240 e. The SMILES string of the molecule is Cc1ccc(NC(=O)CSc2n[nH]c(N/N=C\c3ccccc3)n2)c(F)c1. The Morgan fingerprint density at radius 1 is 1.30 bits per heavy atom. The Morgan fingerprint density at radius 3 is 2.89 bits per heavy atom. The summed E-state index contributed by atoms with van der Waals surface area (Å²) >= 11 is 1.13. The van der Waals surface area contributed by atoms with E-state index >= 15 is 0 Å². The van der Waals surface area contributed by atoms with Gasteiger partial charge < -0.3 is 5.32 Å². The van der Waals surface area contributed by atoms with Crippen molar-refractivity contribution in [2.24, 2.45) is 5.10 Å². The molecule has 0 aliphatic rings. The van der Waals surface area contributed by atoms with Crippen LogP contribution in [-0.2, 0) is 4.79 Å². The van der Waals surface area contributed by atoms with Gasteiger partial charge in [-0.2, -0.15) is 10.1 Å². The molecule has 138 valence electrons. The molecule has 0 unspecified atom stereocenters. The third-order valence-corrected chi connectivity index (χ3v) is 4.23. The monoisotopic (exact) mass is 384 g/mol. The molecule has 0 saturated carbocycles. The van der Waals surface area contributed by atoms with Gasteiger partial charge in [-0.05, 0) is 30.2 Å². The van der Waals surface area contributed by atoms with Crippen molar-refractivity contribution in [1.82, 2.24) is 15.2 Å². The van der Waals surface area contributed by atoms with Crippen molar-refractivity contribution in [2.45, 2.75) is 12.1 Å². The van der Waals surface area contributed by atoms with Crippen molar-refractivity contribution in [3.05, 3.63) is 65.5 Å². The molecule has 9 heteroatoms. The predicted molar refractivity (Wildman–Crippen MR) is 105 cm³/mol. The first kappa shape index (κ1) is 18.6. The van der Waals surface area contributed by atoms with Gasteiger partial charge in [-0.3, -0.25) is 4.79 Å². The smallest absolute Gasteiger partial charge is 0.240 e. The Labute approximate surface area is 159 Å². The van der Waals surface area contributed by atoms with E-state index in [4.69, 9.17) is 0 Å². The van der Waals surface area contributed by atoms with Crippen LogP contribution in [0.3, 0.4) is 0 Å². The highest BCUT2D eigenvalue weighted by Gasteiger charge is 2.10. The van der Waals surface area contributed by atoms with Crippen LogP contribution in [0.2, 0.25) is 0 Å². The molecule has 3 N–H and O–H groups in total. The first-order chi connectivity index (χ1) is 13.1. The molecule has 0 aliphatic heterocycles. The van der Waals surface area contributed by atoms with Crippen molar-refractivity contribution >= 4 is 35.5 Å². The van der Waals surface area contributed by atoms with Crippen LogP contribution >= 0.6 is 11.8 Å². The molecule has 2 aromatic carbocycles. The molecule has 0 spiro atoms. The Bertz CT molecular complexity index is 944. The number of nitrogens with zero attached hydrogens (tertiary/aromatic N) is 3. The summed E-state index contributed by atoms with van der Waals surface area (Å²) in [6.07, 6.45) is 1.65. The fourth-order valence-electron chi connectivity index (χ4n) is 2.11. The summed E-state index contributed by atoms with van der Waals surface area (Å²) in [4.78, 5) is 16.1. The lowest BCUT2D eigenvalue weighted by Gasteiger charge is -2.06. The number of thioether (sulfide) groups is 1. The van der Waals surface area contributed by atoms with Crippen molar-refractivity contribution < 1.29 is 9.18 Å². The largest absolute Gasteiger partial charge is 0.323 e. The molecule has 0 atom stereocenters. The van der Waals surface area contributed by atoms with Crippen molar-refractivity contribution in [2.75, 3.05) is 16.5 Å². The topological polar surface area (TPSA) is 95.1 Å². The normalized spacial score (nSPS) is 10.9. The fourth-order valence-corrected chi connectivity index (χ4v) is 2.70. The van der Waals surface area contributed by atoms with Crippen molar-refractivity contribution in [3.8, 4) is 0 Å². The maximum absolute atomic E-state index is 13.7. The number of carbonyl (C=O) groups excluding carboxylic acids is 1. The minimum Gasteiger partial charge on any atom is -0.323 e. The summed E-state index contributed by atoms with van der Waals surface area (Å²) in [7, 11) is 0. The second-order valence-electron chi connectivity index (χ2n) is 5.57. The molecular formula is C18H17FN6OS. The lowest BCUT2D eigenvalue weighted by Crippen LogP contribution is -2.15. The third kappa shape index (κ3) is 5.65. The molecule has 3 rings (SSSR count). The van der Waals surface area contributed by atoms with Crippen LogP contribution < -0.4 is 10.7 Å². The van der Waals surface area contributed by atoms with Gasteiger partial charge in [-0.25, -0.2) is 14.9 Å². The van der Waals surface area contributed by atoms with Crippen LogP contribution in [0.15, 0.2) is 58.8 Å². The van der Waals surface area contributed by atoms with E-state index < -0.39 is 5.82 Å². The molecule has 1 heterocycles. The number of nitrogens with one attached hydrogen (secondary N) is 3. The highest BCUT2D eigenvalue weighted by atomic mass is 32.2. The molecule has 27 heavy (non-hydrogen) atoms. The number of aromatic amines is 1. The lowest BCUT2D eigenvalue weighted by molar-refractivity contribution is -0.113. The van der Waals surface area contributed by atoms with Gasteiger partial charge in [-0.1, -0.05) is 48.2 Å². The van der Waals surface area contributed by atoms with Crippen molar-refractivity contribution in [3.63, 3.8) is 0 Å². The van der Waals surface area contributed by atoms with E-state index in [1.54, 1.807) is 19.2 Å². The van der Waals surface area contributed by atoms with Gasteiger partial charge in [0.2, 0.25) is 17.0 Å². The zero-order chi connectivity index (χ0) is 19.1. The highest BCUT2D eigenvalue weighted by Crippen LogP contribution is 2.17. The maximum atomic E-state index is 13.7. The number of hydrogen-bond acceptors (Lipinski definition) is 6. The Morgan fingerprint density at radius 2 is 2.11 bits per heavy atom.